The molecule has 4 nitrogen and oxygen atoms in total. The van der Waals surface area contributed by atoms with Gasteiger partial charge in [0.25, 0.3) is 0 Å². The minimum absolute atomic E-state index is 0.574. The second-order valence-corrected chi connectivity index (χ2v) is 5.33. The van der Waals surface area contributed by atoms with E-state index in [1.54, 1.807) is 0 Å². The molecule has 1 N–H and O–H groups in total. The van der Waals surface area contributed by atoms with E-state index < -0.39 is 0 Å². The van der Waals surface area contributed by atoms with Gasteiger partial charge in [0.15, 0.2) is 0 Å². The van der Waals surface area contributed by atoms with Crippen molar-refractivity contribution >= 4 is 5.82 Å². The summed E-state index contributed by atoms with van der Waals surface area (Å²) < 4.78 is 0. The molecule has 4 heteroatoms. The van der Waals surface area contributed by atoms with Gasteiger partial charge in [0, 0.05) is 25.3 Å². The first-order chi connectivity index (χ1) is 8.70. The number of anilines is 1. The van der Waals surface area contributed by atoms with Crippen LogP contribution < -0.4 is 10.2 Å². The van der Waals surface area contributed by atoms with E-state index in [0.29, 0.717) is 6.04 Å². The third kappa shape index (κ3) is 3.19. The summed E-state index contributed by atoms with van der Waals surface area (Å²) in [5, 5.41) is 3.29. The summed E-state index contributed by atoms with van der Waals surface area (Å²) in [6, 6.07) is 0.574. The van der Waals surface area contributed by atoms with Crippen molar-refractivity contribution in [2.75, 3.05) is 18.0 Å². The molecular formula is C14H24N4. The molecule has 0 radical (unpaired) electrons. The van der Waals surface area contributed by atoms with Crippen molar-refractivity contribution in [1.29, 1.82) is 0 Å². The van der Waals surface area contributed by atoms with Crippen molar-refractivity contribution in [3.8, 4) is 0 Å². The summed E-state index contributed by atoms with van der Waals surface area (Å²) in [5.41, 5.74) is 1.03. The molecule has 2 heterocycles. The Morgan fingerprint density at radius 3 is 2.94 bits per heavy atom. The Bertz CT molecular complexity index is 380. The molecule has 2 rings (SSSR count). The Labute approximate surface area is 110 Å². The summed E-state index contributed by atoms with van der Waals surface area (Å²) in [6.07, 6.45) is 6.32. The smallest absolute Gasteiger partial charge is 0.147 e. The minimum Gasteiger partial charge on any atom is -0.352 e. The molecule has 0 aliphatic carbocycles. The second-order valence-electron chi connectivity index (χ2n) is 5.33. The standard InChI is InChI=1S/C14H24N4/c1-4-15-7-13-8-16-9-14(17-13)18-10-11(2)5-6-12(18)3/h8-9,11-12,15H,4-7,10H2,1-3H3. The maximum Gasteiger partial charge on any atom is 0.147 e. The van der Waals surface area contributed by atoms with Crippen molar-refractivity contribution < 1.29 is 0 Å². The summed E-state index contributed by atoms with van der Waals surface area (Å²) in [5.74, 6) is 1.78. The van der Waals surface area contributed by atoms with Crippen LogP contribution in [0.15, 0.2) is 12.4 Å². The molecule has 2 unspecified atom stereocenters. The Morgan fingerprint density at radius 1 is 1.33 bits per heavy atom. The normalized spacial score (nSPS) is 24.3. The van der Waals surface area contributed by atoms with E-state index in [1.165, 1.54) is 12.8 Å². The lowest BCUT2D eigenvalue weighted by Gasteiger charge is -2.37. The van der Waals surface area contributed by atoms with E-state index in [-0.39, 0.29) is 0 Å². The van der Waals surface area contributed by atoms with E-state index in [9.17, 15) is 0 Å². The molecule has 1 fully saturated rings. The zero-order valence-corrected chi connectivity index (χ0v) is 11.7. The number of nitrogens with zero attached hydrogens (tertiary/aromatic N) is 3. The molecule has 18 heavy (non-hydrogen) atoms. The molecular weight excluding hydrogens is 224 g/mol. The maximum atomic E-state index is 4.72. The van der Waals surface area contributed by atoms with Crippen LogP contribution in [0.25, 0.3) is 0 Å². The summed E-state index contributed by atoms with van der Waals surface area (Å²) in [6.45, 7) is 9.56. The van der Waals surface area contributed by atoms with E-state index in [0.717, 1.165) is 37.1 Å². The molecule has 100 valence electrons. The highest BCUT2D eigenvalue weighted by molar-refractivity contribution is 5.38. The Morgan fingerprint density at radius 2 is 2.17 bits per heavy atom. The molecule has 2 atom stereocenters. The SMILES string of the molecule is CCNCc1cncc(N2CC(C)CCC2C)n1. The largest absolute Gasteiger partial charge is 0.352 e. The van der Waals surface area contributed by atoms with Gasteiger partial charge in [-0.2, -0.15) is 0 Å². The second kappa shape index (κ2) is 6.14. The van der Waals surface area contributed by atoms with Crippen LogP contribution in [0.2, 0.25) is 0 Å². The van der Waals surface area contributed by atoms with Crippen LogP contribution in [0.1, 0.15) is 39.3 Å². The highest BCUT2D eigenvalue weighted by Gasteiger charge is 2.24. The molecule has 1 aliphatic heterocycles. The molecule has 1 aromatic rings. The first kappa shape index (κ1) is 13.3. The number of hydrogen-bond acceptors (Lipinski definition) is 4. The molecule has 0 saturated carbocycles. The molecule has 1 aromatic heterocycles. The lowest BCUT2D eigenvalue weighted by atomic mass is 9.95. The first-order valence-electron chi connectivity index (χ1n) is 6.99. The van der Waals surface area contributed by atoms with Gasteiger partial charge in [-0.25, -0.2) is 4.98 Å². The number of nitrogens with one attached hydrogen (secondary N) is 1. The molecule has 1 aliphatic rings. The average molecular weight is 248 g/mol. The van der Waals surface area contributed by atoms with E-state index in [2.05, 4.69) is 36.0 Å². The minimum atomic E-state index is 0.574. The molecule has 0 amide bonds. The fraction of sp³-hybridized carbons (Fsp3) is 0.714. The van der Waals surface area contributed by atoms with Gasteiger partial charge < -0.3 is 10.2 Å². The van der Waals surface area contributed by atoms with Crippen LogP contribution in [0.4, 0.5) is 5.82 Å². The topological polar surface area (TPSA) is 41.1 Å². The lowest BCUT2D eigenvalue weighted by molar-refractivity contribution is 0.387. The van der Waals surface area contributed by atoms with Crippen LogP contribution in [0, 0.1) is 5.92 Å². The van der Waals surface area contributed by atoms with Crippen molar-refractivity contribution in [3.05, 3.63) is 18.1 Å². The third-order valence-electron chi connectivity index (χ3n) is 3.64. The van der Waals surface area contributed by atoms with Gasteiger partial charge in [0.2, 0.25) is 0 Å². The Balaban J connectivity index is 2.11. The summed E-state index contributed by atoms with van der Waals surface area (Å²) in [4.78, 5) is 11.4. The van der Waals surface area contributed by atoms with Gasteiger partial charge >= 0.3 is 0 Å². The van der Waals surface area contributed by atoms with Crippen molar-refractivity contribution in [1.82, 2.24) is 15.3 Å². The van der Waals surface area contributed by atoms with Crippen molar-refractivity contribution in [2.45, 2.75) is 46.2 Å². The summed E-state index contributed by atoms with van der Waals surface area (Å²) >= 11 is 0. The third-order valence-corrected chi connectivity index (χ3v) is 3.64. The average Bonchev–Trinajstić information content (AvgIpc) is 2.39. The highest BCUT2D eigenvalue weighted by atomic mass is 15.2. The predicted octanol–water partition coefficient (Wildman–Crippen LogP) is 2.21. The number of rotatable bonds is 4. The van der Waals surface area contributed by atoms with Crippen molar-refractivity contribution in [2.24, 2.45) is 5.92 Å². The predicted molar refractivity (Wildman–Crippen MR) is 74.6 cm³/mol. The fourth-order valence-electron chi connectivity index (χ4n) is 2.48. The lowest BCUT2D eigenvalue weighted by Crippen LogP contribution is -2.41. The number of aromatic nitrogens is 2. The first-order valence-corrected chi connectivity index (χ1v) is 6.99. The maximum absolute atomic E-state index is 4.72. The number of hydrogen-bond donors (Lipinski definition) is 1. The van der Waals surface area contributed by atoms with E-state index in [4.69, 9.17) is 4.98 Å². The Hall–Kier alpha value is -1.16. The monoisotopic (exact) mass is 248 g/mol. The van der Waals surface area contributed by atoms with Crippen LogP contribution in [0.5, 0.6) is 0 Å². The quantitative estimate of drug-likeness (QED) is 0.887. The van der Waals surface area contributed by atoms with Crippen LogP contribution in [-0.4, -0.2) is 29.1 Å². The molecule has 0 aromatic carbocycles. The zero-order chi connectivity index (χ0) is 13.0. The van der Waals surface area contributed by atoms with Crippen molar-refractivity contribution in [3.63, 3.8) is 0 Å². The highest BCUT2D eigenvalue weighted by Crippen LogP contribution is 2.25. The van der Waals surface area contributed by atoms with Gasteiger partial charge in [-0.1, -0.05) is 13.8 Å². The van der Waals surface area contributed by atoms with Gasteiger partial charge in [0.05, 0.1) is 11.9 Å². The van der Waals surface area contributed by atoms with Gasteiger partial charge in [-0.05, 0) is 32.2 Å². The van der Waals surface area contributed by atoms with Gasteiger partial charge in [-0.3, -0.25) is 4.98 Å². The van der Waals surface area contributed by atoms with E-state index >= 15 is 0 Å². The van der Waals surface area contributed by atoms with Crippen LogP contribution >= 0.6 is 0 Å². The van der Waals surface area contributed by atoms with Gasteiger partial charge in [0.1, 0.15) is 5.82 Å². The Kier molecular flexibility index (Phi) is 4.53. The molecule has 1 saturated heterocycles. The van der Waals surface area contributed by atoms with Crippen LogP contribution in [-0.2, 0) is 6.54 Å². The van der Waals surface area contributed by atoms with Gasteiger partial charge in [-0.15, -0.1) is 0 Å². The van der Waals surface area contributed by atoms with Crippen LogP contribution in [0.3, 0.4) is 0 Å². The van der Waals surface area contributed by atoms with E-state index in [1.807, 2.05) is 12.4 Å². The zero-order valence-electron chi connectivity index (χ0n) is 11.7. The number of piperidine rings is 1. The molecule has 0 bridgehead atoms. The fourth-order valence-corrected chi connectivity index (χ4v) is 2.48. The molecule has 0 spiro atoms. The summed E-state index contributed by atoms with van der Waals surface area (Å²) in [7, 11) is 0.